The SMILES string of the molecule is CC1CCN(Cc2cccc3c2C(=O)N(C2CCC(=O)NC2=O)C3=O)CCN1. The molecule has 3 aliphatic heterocycles. The minimum atomic E-state index is -0.929. The Balaban J connectivity index is 1.59. The number of nitrogens with zero attached hydrogens (tertiary/aromatic N) is 2. The van der Waals surface area contributed by atoms with Gasteiger partial charge in [0.25, 0.3) is 11.8 Å². The van der Waals surface area contributed by atoms with E-state index in [0.717, 1.165) is 36.5 Å². The van der Waals surface area contributed by atoms with Crippen LogP contribution in [0.25, 0.3) is 0 Å². The molecule has 0 radical (unpaired) electrons. The number of hydrogen-bond donors (Lipinski definition) is 2. The zero-order valence-corrected chi connectivity index (χ0v) is 15.9. The number of nitrogens with one attached hydrogen (secondary N) is 2. The molecule has 0 aromatic heterocycles. The van der Waals surface area contributed by atoms with Crippen molar-refractivity contribution in [2.45, 2.75) is 44.8 Å². The minimum Gasteiger partial charge on any atom is -0.313 e. The molecule has 8 heteroatoms. The van der Waals surface area contributed by atoms with E-state index in [-0.39, 0.29) is 18.7 Å². The Morgan fingerprint density at radius 1 is 1.07 bits per heavy atom. The summed E-state index contributed by atoms with van der Waals surface area (Å²) in [6.07, 6.45) is 1.31. The van der Waals surface area contributed by atoms with E-state index in [1.54, 1.807) is 12.1 Å². The highest BCUT2D eigenvalue weighted by Gasteiger charge is 2.45. The maximum absolute atomic E-state index is 13.1. The number of benzene rings is 1. The van der Waals surface area contributed by atoms with Crippen molar-refractivity contribution < 1.29 is 19.2 Å². The highest BCUT2D eigenvalue weighted by molar-refractivity contribution is 6.24. The van der Waals surface area contributed by atoms with Gasteiger partial charge in [-0.2, -0.15) is 0 Å². The van der Waals surface area contributed by atoms with Gasteiger partial charge in [-0.3, -0.25) is 34.3 Å². The van der Waals surface area contributed by atoms with Crippen LogP contribution in [0.15, 0.2) is 18.2 Å². The Morgan fingerprint density at radius 2 is 1.89 bits per heavy atom. The fourth-order valence-electron chi connectivity index (χ4n) is 4.17. The summed E-state index contributed by atoms with van der Waals surface area (Å²) in [6, 6.07) is 4.82. The van der Waals surface area contributed by atoms with Gasteiger partial charge in [0.15, 0.2) is 0 Å². The summed E-state index contributed by atoms with van der Waals surface area (Å²) in [6.45, 7) is 5.40. The molecule has 0 bridgehead atoms. The first kappa shape index (κ1) is 18.8. The first-order valence-corrected chi connectivity index (χ1v) is 9.75. The van der Waals surface area contributed by atoms with E-state index in [1.807, 2.05) is 6.07 Å². The van der Waals surface area contributed by atoms with Crippen LogP contribution in [0, 0.1) is 0 Å². The number of amides is 4. The summed E-state index contributed by atoms with van der Waals surface area (Å²) in [7, 11) is 0. The first-order chi connectivity index (χ1) is 13.5. The number of hydrogen-bond acceptors (Lipinski definition) is 6. The van der Waals surface area contributed by atoms with Gasteiger partial charge in [-0.15, -0.1) is 0 Å². The van der Waals surface area contributed by atoms with Crippen LogP contribution in [0.5, 0.6) is 0 Å². The van der Waals surface area contributed by atoms with Crippen LogP contribution in [0.1, 0.15) is 52.5 Å². The average molecular weight is 384 g/mol. The second kappa shape index (κ2) is 7.44. The third-order valence-electron chi connectivity index (χ3n) is 5.75. The molecule has 0 spiro atoms. The molecule has 1 aromatic rings. The molecule has 1 aromatic carbocycles. The third-order valence-corrected chi connectivity index (χ3v) is 5.75. The van der Waals surface area contributed by atoms with Crippen molar-refractivity contribution in [1.29, 1.82) is 0 Å². The van der Waals surface area contributed by atoms with Crippen LogP contribution < -0.4 is 10.6 Å². The molecule has 148 valence electrons. The van der Waals surface area contributed by atoms with Gasteiger partial charge >= 0.3 is 0 Å². The topological polar surface area (TPSA) is 98.8 Å². The maximum Gasteiger partial charge on any atom is 0.262 e. The quantitative estimate of drug-likeness (QED) is 0.726. The molecule has 2 atom stereocenters. The van der Waals surface area contributed by atoms with E-state index in [0.29, 0.717) is 23.7 Å². The fraction of sp³-hybridized carbons (Fsp3) is 0.500. The smallest absolute Gasteiger partial charge is 0.262 e. The lowest BCUT2D eigenvalue weighted by Crippen LogP contribution is -2.54. The van der Waals surface area contributed by atoms with E-state index in [2.05, 4.69) is 22.5 Å². The second-order valence-electron chi connectivity index (χ2n) is 7.71. The van der Waals surface area contributed by atoms with Gasteiger partial charge in [0, 0.05) is 38.6 Å². The van der Waals surface area contributed by atoms with E-state index >= 15 is 0 Å². The van der Waals surface area contributed by atoms with E-state index in [9.17, 15) is 19.2 Å². The van der Waals surface area contributed by atoms with Crippen molar-refractivity contribution in [2.75, 3.05) is 19.6 Å². The van der Waals surface area contributed by atoms with Crippen LogP contribution in [-0.2, 0) is 16.1 Å². The summed E-state index contributed by atoms with van der Waals surface area (Å²) in [5.74, 6) is -1.85. The van der Waals surface area contributed by atoms with Gasteiger partial charge in [0.05, 0.1) is 11.1 Å². The zero-order valence-electron chi connectivity index (χ0n) is 15.9. The maximum atomic E-state index is 13.1. The lowest BCUT2D eigenvalue weighted by atomic mass is 10.0. The first-order valence-electron chi connectivity index (χ1n) is 9.75. The molecule has 0 aliphatic carbocycles. The zero-order chi connectivity index (χ0) is 19.8. The van der Waals surface area contributed by atoms with Crippen molar-refractivity contribution in [3.05, 3.63) is 34.9 Å². The Kier molecular flexibility index (Phi) is 4.99. The summed E-state index contributed by atoms with van der Waals surface area (Å²) in [5.41, 5.74) is 1.54. The van der Waals surface area contributed by atoms with Crippen LogP contribution in [0.2, 0.25) is 0 Å². The molecule has 3 heterocycles. The van der Waals surface area contributed by atoms with Gasteiger partial charge in [-0.05, 0) is 31.4 Å². The van der Waals surface area contributed by atoms with Gasteiger partial charge in [0.2, 0.25) is 11.8 Å². The fourth-order valence-corrected chi connectivity index (χ4v) is 4.17. The van der Waals surface area contributed by atoms with Gasteiger partial charge in [-0.25, -0.2) is 0 Å². The molecule has 0 saturated carbocycles. The highest BCUT2D eigenvalue weighted by atomic mass is 16.2. The highest BCUT2D eigenvalue weighted by Crippen LogP contribution is 2.30. The van der Waals surface area contributed by atoms with Gasteiger partial charge in [-0.1, -0.05) is 12.1 Å². The summed E-state index contributed by atoms with van der Waals surface area (Å²) in [5, 5.41) is 5.67. The van der Waals surface area contributed by atoms with Crippen LogP contribution in [-0.4, -0.2) is 65.1 Å². The van der Waals surface area contributed by atoms with Crippen LogP contribution >= 0.6 is 0 Å². The number of carbonyl (C=O) groups is 4. The van der Waals surface area contributed by atoms with E-state index < -0.39 is 23.8 Å². The number of carbonyl (C=O) groups excluding carboxylic acids is 4. The number of piperidine rings is 1. The standard InChI is InChI=1S/C20H24N4O4/c1-12-7-9-23(10-8-21-12)11-13-3-2-4-14-17(13)20(28)24(19(14)27)15-5-6-16(25)22-18(15)26/h2-4,12,15,21H,5-11H2,1H3,(H,22,25,26). The Hall–Kier alpha value is -2.58. The van der Waals surface area contributed by atoms with Crippen molar-refractivity contribution >= 4 is 23.6 Å². The second-order valence-corrected chi connectivity index (χ2v) is 7.71. The summed E-state index contributed by atoms with van der Waals surface area (Å²) in [4.78, 5) is 52.9. The molecule has 8 nitrogen and oxygen atoms in total. The van der Waals surface area contributed by atoms with E-state index in [4.69, 9.17) is 0 Å². The lowest BCUT2D eigenvalue weighted by Gasteiger charge is -2.28. The Labute approximate surface area is 163 Å². The van der Waals surface area contributed by atoms with Crippen molar-refractivity contribution in [3.63, 3.8) is 0 Å². The van der Waals surface area contributed by atoms with Crippen molar-refractivity contribution in [2.24, 2.45) is 0 Å². The largest absolute Gasteiger partial charge is 0.313 e. The summed E-state index contributed by atoms with van der Waals surface area (Å²) >= 11 is 0. The van der Waals surface area contributed by atoms with Gasteiger partial charge in [0.1, 0.15) is 6.04 Å². The van der Waals surface area contributed by atoms with Crippen molar-refractivity contribution in [1.82, 2.24) is 20.4 Å². The lowest BCUT2D eigenvalue weighted by molar-refractivity contribution is -0.136. The monoisotopic (exact) mass is 384 g/mol. The molecule has 4 rings (SSSR count). The molecule has 3 aliphatic rings. The van der Waals surface area contributed by atoms with Gasteiger partial charge < -0.3 is 5.32 Å². The molecule has 4 amide bonds. The van der Waals surface area contributed by atoms with Crippen molar-refractivity contribution in [3.8, 4) is 0 Å². The average Bonchev–Trinajstić information content (AvgIpc) is 2.79. The molecule has 2 saturated heterocycles. The van der Waals surface area contributed by atoms with Crippen LogP contribution in [0.3, 0.4) is 0 Å². The molecular weight excluding hydrogens is 360 g/mol. The van der Waals surface area contributed by atoms with Crippen LogP contribution in [0.4, 0.5) is 0 Å². The minimum absolute atomic E-state index is 0.121. The third kappa shape index (κ3) is 3.33. The molecule has 28 heavy (non-hydrogen) atoms. The normalized spacial score (nSPS) is 26.2. The molecule has 2 fully saturated rings. The number of imide groups is 2. The Morgan fingerprint density at radius 3 is 2.68 bits per heavy atom. The van der Waals surface area contributed by atoms with E-state index in [1.165, 1.54) is 0 Å². The molecule has 2 unspecified atom stereocenters. The molecular formula is C20H24N4O4. The predicted octanol–water partition coefficient (Wildman–Crippen LogP) is 0.272. The molecule has 2 N–H and O–H groups in total. The number of fused-ring (bicyclic) bond motifs is 1. The Bertz CT molecular complexity index is 853. The summed E-state index contributed by atoms with van der Waals surface area (Å²) < 4.78 is 0. The number of rotatable bonds is 3. The predicted molar refractivity (Wildman–Crippen MR) is 100 cm³/mol.